The molecule has 0 fully saturated rings. The van der Waals surface area contributed by atoms with E-state index in [0.29, 0.717) is 17.1 Å². The van der Waals surface area contributed by atoms with Crippen LogP contribution in [-0.2, 0) is 13.0 Å². The molecule has 0 saturated heterocycles. The molecule has 4 aromatic rings. The van der Waals surface area contributed by atoms with Crippen LogP contribution in [-0.4, -0.2) is 19.9 Å². The summed E-state index contributed by atoms with van der Waals surface area (Å²) in [5, 5.41) is 23.9. The summed E-state index contributed by atoms with van der Waals surface area (Å²) in [4.78, 5) is 1.99. The molecule has 0 amide bonds. The Balaban J connectivity index is 1.70. The molecule has 164 valence electrons. The molecule has 5 rings (SSSR count). The van der Waals surface area contributed by atoms with Crippen molar-refractivity contribution in [2.45, 2.75) is 26.8 Å². The molecule has 1 aromatic heterocycles. The second kappa shape index (κ2) is 8.29. The third kappa shape index (κ3) is 3.31. The van der Waals surface area contributed by atoms with Crippen LogP contribution in [0.15, 0.2) is 58.7 Å². The van der Waals surface area contributed by atoms with Crippen molar-refractivity contribution in [3.05, 3.63) is 69.8 Å². The number of aromatic hydroxyl groups is 2. The van der Waals surface area contributed by atoms with Crippen LogP contribution in [0.25, 0.3) is 27.5 Å². The Morgan fingerprint density at radius 3 is 2.50 bits per heavy atom. The molecule has 0 radical (unpaired) electrons. The van der Waals surface area contributed by atoms with Crippen molar-refractivity contribution in [3.8, 4) is 11.5 Å². The predicted molar refractivity (Wildman–Crippen MR) is 130 cm³/mol. The molecule has 1 aliphatic rings. The van der Waals surface area contributed by atoms with E-state index < -0.39 is 21.5 Å². The maximum atomic E-state index is 10.7. The topological polar surface area (TPSA) is 60.7 Å². The molecule has 3 N–H and O–H groups in total. The molecule has 3 aromatic carbocycles. The van der Waals surface area contributed by atoms with Gasteiger partial charge in [-0.2, -0.15) is 0 Å². The van der Waals surface area contributed by atoms with E-state index in [1.807, 2.05) is 17.9 Å². The molecule has 0 aliphatic carbocycles. The van der Waals surface area contributed by atoms with Gasteiger partial charge in [0.2, 0.25) is 0 Å². The molecule has 0 spiro atoms. The van der Waals surface area contributed by atoms with Gasteiger partial charge in [-0.3, -0.25) is 0 Å². The number of para-hydroxylation sites is 1. The van der Waals surface area contributed by atoms with Gasteiger partial charge in [-0.05, 0) is 0 Å². The van der Waals surface area contributed by atoms with Crippen LogP contribution < -0.4 is 29.9 Å². The van der Waals surface area contributed by atoms with Crippen LogP contribution in [0.5, 0.6) is 11.5 Å². The summed E-state index contributed by atoms with van der Waals surface area (Å²) in [5.74, 6) is 0.161. The standard InChI is InChI=1S/C25H23IN3O2S/c1-3-15-11-19(24(31)13-23(15)30)22-14-26-27-25(32)29(22)16-9-10-21-18(12-16)17-7-5-6-8-20(17)28(21)4-2/h5-14,30-31H,3-4H2,1-2H3,(H,27,32)/q-1. The maximum absolute atomic E-state index is 10.7. The zero-order valence-corrected chi connectivity index (χ0v) is 20.7. The van der Waals surface area contributed by atoms with Gasteiger partial charge in [-0.1, -0.05) is 0 Å². The van der Waals surface area contributed by atoms with E-state index in [9.17, 15) is 10.2 Å². The number of rotatable bonds is 4. The van der Waals surface area contributed by atoms with Crippen molar-refractivity contribution >= 4 is 50.5 Å². The Hall–Kier alpha value is -2.78. The molecule has 0 saturated carbocycles. The van der Waals surface area contributed by atoms with Crippen LogP contribution in [0.2, 0.25) is 0 Å². The first-order valence-electron chi connectivity index (χ1n) is 10.5. The average Bonchev–Trinajstić information content (AvgIpc) is 3.12. The van der Waals surface area contributed by atoms with Gasteiger partial charge in [0.15, 0.2) is 0 Å². The number of fused-ring (bicyclic) bond motifs is 3. The Morgan fingerprint density at radius 2 is 1.72 bits per heavy atom. The number of phenolic OH excluding ortho intramolecular Hbond substituents is 2. The molecular formula is C25H23IN3O2S-. The van der Waals surface area contributed by atoms with Crippen LogP contribution in [0, 0.1) is 0 Å². The van der Waals surface area contributed by atoms with Crippen LogP contribution >= 0.6 is 12.2 Å². The summed E-state index contributed by atoms with van der Waals surface area (Å²) >= 11 is 5.25. The quantitative estimate of drug-likeness (QED) is 0.205. The van der Waals surface area contributed by atoms with Crippen molar-refractivity contribution in [1.29, 1.82) is 0 Å². The zero-order chi connectivity index (χ0) is 22.4. The number of phenols is 2. The van der Waals surface area contributed by atoms with Gasteiger partial charge >= 0.3 is 203 Å². The Morgan fingerprint density at radius 1 is 0.938 bits per heavy atom. The van der Waals surface area contributed by atoms with E-state index in [1.54, 1.807) is 0 Å². The summed E-state index contributed by atoms with van der Waals surface area (Å²) in [6.45, 7) is 5.04. The molecule has 32 heavy (non-hydrogen) atoms. The molecular weight excluding hydrogens is 533 g/mol. The predicted octanol–water partition coefficient (Wildman–Crippen LogP) is 2.49. The molecule has 7 heteroatoms. The second-order valence-corrected chi connectivity index (χ2v) is 9.82. The van der Waals surface area contributed by atoms with E-state index in [0.717, 1.165) is 23.5 Å². The molecule has 1 aliphatic heterocycles. The SMILES string of the molecule is CCc1cc(C2=C[I-]NC(=S)N2c2ccc3c(c2)c2ccccc2n3CC)c(O)cc1O. The van der Waals surface area contributed by atoms with Gasteiger partial charge in [0, 0.05) is 0 Å². The number of anilines is 1. The van der Waals surface area contributed by atoms with Crippen LogP contribution in [0.3, 0.4) is 0 Å². The minimum atomic E-state index is -0.481. The summed E-state index contributed by atoms with van der Waals surface area (Å²) in [5.41, 5.74) is 5.67. The van der Waals surface area contributed by atoms with Gasteiger partial charge in [0.05, 0.1) is 0 Å². The molecule has 0 bridgehead atoms. The summed E-state index contributed by atoms with van der Waals surface area (Å²) < 4.78 is 7.79. The van der Waals surface area contributed by atoms with Crippen molar-refractivity contribution in [2.24, 2.45) is 0 Å². The molecule has 0 unspecified atom stereocenters. The first-order chi connectivity index (χ1) is 15.5. The van der Waals surface area contributed by atoms with E-state index in [1.165, 1.54) is 27.9 Å². The zero-order valence-electron chi connectivity index (χ0n) is 17.8. The van der Waals surface area contributed by atoms with E-state index in [-0.39, 0.29) is 11.5 Å². The Bertz CT molecular complexity index is 1410. The number of nitrogens with zero attached hydrogens (tertiary/aromatic N) is 2. The number of hydrogen-bond acceptors (Lipinski definition) is 3. The first-order valence-corrected chi connectivity index (χ1v) is 13.3. The van der Waals surface area contributed by atoms with E-state index in [2.05, 4.69) is 61.6 Å². The number of halogens is 1. The fraction of sp³-hybridized carbons (Fsp3) is 0.160. The van der Waals surface area contributed by atoms with E-state index >= 15 is 0 Å². The summed E-state index contributed by atoms with van der Waals surface area (Å²) in [6.07, 6.45) is 0.673. The molecule has 2 heterocycles. The van der Waals surface area contributed by atoms with Gasteiger partial charge in [0.25, 0.3) is 0 Å². The summed E-state index contributed by atoms with van der Waals surface area (Å²) in [7, 11) is 0. The van der Waals surface area contributed by atoms with E-state index in [4.69, 9.17) is 12.2 Å². The molecule has 5 nitrogen and oxygen atoms in total. The molecule has 0 atom stereocenters. The van der Waals surface area contributed by atoms with Crippen molar-refractivity contribution in [3.63, 3.8) is 0 Å². The second-order valence-electron chi connectivity index (χ2n) is 7.65. The van der Waals surface area contributed by atoms with Gasteiger partial charge in [-0.15, -0.1) is 0 Å². The number of hydrogen-bond donors (Lipinski definition) is 3. The number of nitrogens with one attached hydrogen (secondary N) is 1. The van der Waals surface area contributed by atoms with Crippen molar-refractivity contribution in [2.75, 3.05) is 4.90 Å². The van der Waals surface area contributed by atoms with Gasteiger partial charge in [-0.25, -0.2) is 0 Å². The first kappa shape index (κ1) is 21.1. The number of aryl methyl sites for hydroxylation is 2. The van der Waals surface area contributed by atoms with Crippen molar-refractivity contribution < 1.29 is 31.7 Å². The third-order valence-corrected chi connectivity index (χ3v) is 8.30. The number of benzene rings is 3. The fourth-order valence-corrected chi connectivity index (χ4v) is 6.47. The summed E-state index contributed by atoms with van der Waals surface area (Å²) in [6, 6.07) is 18.1. The normalized spacial score (nSPS) is 14.4. The minimum absolute atomic E-state index is 0.0494. The fourth-order valence-electron chi connectivity index (χ4n) is 4.39. The third-order valence-electron chi connectivity index (χ3n) is 5.92. The number of thiocarbonyl (C=S) groups is 1. The van der Waals surface area contributed by atoms with Crippen molar-refractivity contribution in [1.82, 2.24) is 8.10 Å². The number of aromatic nitrogens is 1. The monoisotopic (exact) mass is 556 g/mol. The van der Waals surface area contributed by atoms with Gasteiger partial charge in [0.1, 0.15) is 0 Å². The van der Waals surface area contributed by atoms with Crippen LogP contribution in [0.4, 0.5) is 5.69 Å². The average molecular weight is 556 g/mol. The van der Waals surface area contributed by atoms with Crippen LogP contribution in [0.1, 0.15) is 25.0 Å². The Labute approximate surface area is 202 Å². The Kier molecular flexibility index (Phi) is 5.46. The van der Waals surface area contributed by atoms with Gasteiger partial charge < -0.3 is 0 Å².